The average molecular weight is 243 g/mol. The van der Waals surface area contributed by atoms with E-state index >= 15 is 0 Å². The molecule has 1 aliphatic rings. The van der Waals surface area contributed by atoms with Crippen LogP contribution < -0.4 is 4.90 Å². The van der Waals surface area contributed by atoms with E-state index in [2.05, 4.69) is 16.5 Å². The second-order valence-electron chi connectivity index (χ2n) is 3.90. The lowest BCUT2D eigenvalue weighted by atomic mass is 10.3. The number of anilines is 1. The van der Waals surface area contributed by atoms with Gasteiger partial charge in [-0.25, -0.2) is 9.97 Å². The van der Waals surface area contributed by atoms with Crippen molar-refractivity contribution in [3.63, 3.8) is 0 Å². The summed E-state index contributed by atoms with van der Waals surface area (Å²) in [6, 6.07) is 1.98. The molecule has 1 amide bonds. The van der Waals surface area contributed by atoms with Crippen LogP contribution in [0.15, 0.2) is 25.0 Å². The largest absolute Gasteiger partial charge is 0.337 e. The number of hydrogen-bond acceptors (Lipinski definition) is 5. The van der Waals surface area contributed by atoms with E-state index in [1.807, 2.05) is 11.0 Å². The van der Waals surface area contributed by atoms with E-state index in [-0.39, 0.29) is 5.91 Å². The molecule has 0 saturated carbocycles. The number of piperazine rings is 1. The number of aromatic nitrogens is 2. The Morgan fingerprint density at radius 2 is 1.94 bits per heavy atom. The Morgan fingerprint density at radius 1 is 1.33 bits per heavy atom. The zero-order valence-electron chi connectivity index (χ0n) is 9.91. The van der Waals surface area contributed by atoms with Crippen LogP contribution in [0.3, 0.4) is 0 Å². The summed E-state index contributed by atoms with van der Waals surface area (Å²) in [5.41, 5.74) is 0.444. The summed E-state index contributed by atoms with van der Waals surface area (Å²) in [5.74, 6) is 0.551. The summed E-state index contributed by atoms with van der Waals surface area (Å²) in [5, 5.41) is 8.66. The van der Waals surface area contributed by atoms with E-state index in [0.29, 0.717) is 37.7 Å². The Bertz CT molecular complexity index is 482. The van der Waals surface area contributed by atoms with Gasteiger partial charge in [0, 0.05) is 26.2 Å². The standard InChI is InChI=1S/C12H13N5O/c1-2-11(18)16-3-5-17(6-4-16)12-14-8-10(7-13)9-15-12/h2,8-9H,1,3-6H2. The van der Waals surface area contributed by atoms with Gasteiger partial charge >= 0.3 is 0 Å². The molecule has 6 nitrogen and oxygen atoms in total. The van der Waals surface area contributed by atoms with Crippen LogP contribution in [-0.4, -0.2) is 47.0 Å². The normalized spacial score (nSPS) is 15.1. The van der Waals surface area contributed by atoms with Crippen molar-refractivity contribution in [3.8, 4) is 6.07 Å². The van der Waals surface area contributed by atoms with E-state index in [4.69, 9.17) is 5.26 Å². The third kappa shape index (κ3) is 2.46. The molecule has 0 atom stereocenters. The molecule has 0 radical (unpaired) electrons. The molecular weight excluding hydrogens is 230 g/mol. The van der Waals surface area contributed by atoms with Gasteiger partial charge in [0.15, 0.2) is 0 Å². The maximum Gasteiger partial charge on any atom is 0.246 e. The van der Waals surface area contributed by atoms with Gasteiger partial charge in [-0.15, -0.1) is 0 Å². The van der Waals surface area contributed by atoms with E-state index in [1.165, 1.54) is 18.5 Å². The third-order valence-electron chi connectivity index (χ3n) is 2.82. The summed E-state index contributed by atoms with van der Waals surface area (Å²) < 4.78 is 0. The van der Waals surface area contributed by atoms with Crippen molar-refractivity contribution < 1.29 is 4.79 Å². The van der Waals surface area contributed by atoms with E-state index in [1.54, 1.807) is 4.90 Å². The van der Waals surface area contributed by atoms with Gasteiger partial charge in [-0.05, 0) is 6.08 Å². The number of rotatable bonds is 2. The number of nitrogens with zero attached hydrogens (tertiary/aromatic N) is 5. The minimum Gasteiger partial charge on any atom is -0.337 e. The lowest BCUT2D eigenvalue weighted by Gasteiger charge is -2.34. The first-order chi connectivity index (χ1) is 8.74. The van der Waals surface area contributed by atoms with Gasteiger partial charge in [-0.3, -0.25) is 4.79 Å². The average Bonchev–Trinajstić information content (AvgIpc) is 2.47. The van der Waals surface area contributed by atoms with E-state index < -0.39 is 0 Å². The first-order valence-electron chi connectivity index (χ1n) is 5.63. The first-order valence-corrected chi connectivity index (χ1v) is 5.63. The molecule has 1 saturated heterocycles. The molecule has 0 N–H and O–H groups in total. The quantitative estimate of drug-likeness (QED) is 0.693. The summed E-state index contributed by atoms with van der Waals surface area (Å²) in [6.45, 7) is 6.11. The summed E-state index contributed by atoms with van der Waals surface area (Å²) >= 11 is 0. The molecule has 6 heteroatoms. The van der Waals surface area contributed by atoms with Crippen LogP contribution in [0.2, 0.25) is 0 Å². The fourth-order valence-electron chi connectivity index (χ4n) is 1.80. The number of nitriles is 1. The van der Waals surface area contributed by atoms with Gasteiger partial charge in [0.2, 0.25) is 11.9 Å². The molecule has 92 valence electrons. The van der Waals surface area contributed by atoms with Crippen LogP contribution in [0, 0.1) is 11.3 Å². The van der Waals surface area contributed by atoms with Crippen molar-refractivity contribution >= 4 is 11.9 Å². The van der Waals surface area contributed by atoms with Crippen LogP contribution in [0.1, 0.15) is 5.56 Å². The smallest absolute Gasteiger partial charge is 0.246 e. The summed E-state index contributed by atoms with van der Waals surface area (Å²) in [4.78, 5) is 23.4. The maximum absolute atomic E-state index is 11.4. The highest BCUT2D eigenvalue weighted by Gasteiger charge is 2.20. The SMILES string of the molecule is C=CC(=O)N1CCN(c2ncc(C#N)cn2)CC1. The Kier molecular flexibility index (Phi) is 3.53. The van der Waals surface area contributed by atoms with Gasteiger partial charge in [-0.2, -0.15) is 5.26 Å². The van der Waals surface area contributed by atoms with Crippen LogP contribution in [0.25, 0.3) is 0 Å². The molecule has 2 heterocycles. The predicted octanol–water partition coefficient (Wildman–Crippen LogP) is 0.183. The molecule has 1 aliphatic heterocycles. The topological polar surface area (TPSA) is 73.1 Å². The first kappa shape index (κ1) is 12.0. The van der Waals surface area contributed by atoms with Crippen LogP contribution >= 0.6 is 0 Å². The molecule has 1 fully saturated rings. The van der Waals surface area contributed by atoms with Crippen molar-refractivity contribution in [2.45, 2.75) is 0 Å². The number of carbonyl (C=O) groups is 1. The van der Waals surface area contributed by atoms with Crippen molar-refractivity contribution in [2.24, 2.45) is 0 Å². The Labute approximate surface area is 105 Å². The lowest BCUT2D eigenvalue weighted by molar-refractivity contribution is -0.126. The molecule has 0 aromatic carbocycles. The van der Waals surface area contributed by atoms with Gasteiger partial charge < -0.3 is 9.80 Å². The van der Waals surface area contributed by atoms with E-state index in [9.17, 15) is 4.79 Å². The summed E-state index contributed by atoms with van der Waals surface area (Å²) in [7, 11) is 0. The third-order valence-corrected chi connectivity index (χ3v) is 2.82. The van der Waals surface area contributed by atoms with Crippen molar-refractivity contribution in [2.75, 3.05) is 31.1 Å². The highest BCUT2D eigenvalue weighted by Crippen LogP contribution is 2.10. The lowest BCUT2D eigenvalue weighted by Crippen LogP contribution is -2.48. The molecule has 0 spiro atoms. The zero-order valence-corrected chi connectivity index (χ0v) is 9.91. The van der Waals surface area contributed by atoms with Crippen molar-refractivity contribution in [3.05, 3.63) is 30.6 Å². The molecule has 0 bridgehead atoms. The maximum atomic E-state index is 11.4. The molecule has 18 heavy (non-hydrogen) atoms. The highest BCUT2D eigenvalue weighted by molar-refractivity contribution is 5.87. The molecular formula is C12H13N5O. The second kappa shape index (κ2) is 5.27. The predicted molar refractivity (Wildman–Crippen MR) is 65.7 cm³/mol. The summed E-state index contributed by atoms with van der Waals surface area (Å²) in [6.07, 6.45) is 4.33. The number of hydrogen-bond donors (Lipinski definition) is 0. The van der Waals surface area contributed by atoms with Gasteiger partial charge in [0.05, 0.1) is 18.0 Å². The molecule has 2 rings (SSSR count). The van der Waals surface area contributed by atoms with Gasteiger partial charge in [-0.1, -0.05) is 6.58 Å². The van der Waals surface area contributed by atoms with Gasteiger partial charge in [0.25, 0.3) is 0 Å². The van der Waals surface area contributed by atoms with Crippen LogP contribution in [-0.2, 0) is 4.79 Å². The Morgan fingerprint density at radius 3 is 2.44 bits per heavy atom. The fourth-order valence-corrected chi connectivity index (χ4v) is 1.80. The van der Waals surface area contributed by atoms with Gasteiger partial charge in [0.1, 0.15) is 6.07 Å². The Hall–Kier alpha value is -2.42. The minimum absolute atomic E-state index is 0.0459. The van der Waals surface area contributed by atoms with E-state index in [0.717, 1.165) is 0 Å². The Balaban J connectivity index is 1.99. The van der Waals surface area contributed by atoms with Crippen molar-refractivity contribution in [1.82, 2.24) is 14.9 Å². The molecule has 0 aliphatic carbocycles. The van der Waals surface area contributed by atoms with Crippen LogP contribution in [0.5, 0.6) is 0 Å². The minimum atomic E-state index is -0.0459. The fraction of sp³-hybridized carbons (Fsp3) is 0.333. The monoisotopic (exact) mass is 243 g/mol. The zero-order chi connectivity index (χ0) is 13.0. The molecule has 1 aromatic heterocycles. The molecule has 0 unspecified atom stereocenters. The second-order valence-corrected chi connectivity index (χ2v) is 3.90. The molecule has 1 aromatic rings. The highest BCUT2D eigenvalue weighted by atomic mass is 16.2. The van der Waals surface area contributed by atoms with Crippen molar-refractivity contribution in [1.29, 1.82) is 5.26 Å². The van der Waals surface area contributed by atoms with Crippen LogP contribution in [0.4, 0.5) is 5.95 Å². The number of carbonyl (C=O) groups excluding carboxylic acids is 1. The number of amides is 1.